The summed E-state index contributed by atoms with van der Waals surface area (Å²) in [6.07, 6.45) is 10.8. The van der Waals surface area contributed by atoms with E-state index in [1.54, 1.807) is 7.11 Å². The first-order chi connectivity index (χ1) is 16.8. The SMILES string of the molecule is CCCCn1c(=O)c(OCC(C)CCC)c(OC)c2ccc(NCC=C(C)CCC=C(C)C)cc21. The molecule has 5 heteroatoms. The van der Waals surface area contributed by atoms with Crippen LogP contribution in [0.2, 0.25) is 0 Å². The molecular weight excluding hydrogens is 436 g/mol. The van der Waals surface area contributed by atoms with Gasteiger partial charge in [-0.15, -0.1) is 0 Å². The lowest BCUT2D eigenvalue weighted by Crippen LogP contribution is -2.25. The van der Waals surface area contributed by atoms with Gasteiger partial charge in [0.25, 0.3) is 5.56 Å². The Labute approximate surface area is 212 Å². The summed E-state index contributed by atoms with van der Waals surface area (Å²) in [6.45, 7) is 14.8. The number of hydrogen-bond donors (Lipinski definition) is 1. The molecule has 0 aliphatic rings. The minimum atomic E-state index is -0.112. The van der Waals surface area contributed by atoms with E-state index >= 15 is 0 Å². The van der Waals surface area contributed by atoms with E-state index in [1.807, 2.05) is 10.6 Å². The molecular formula is C30H46N2O3. The highest BCUT2D eigenvalue weighted by Crippen LogP contribution is 2.34. The Bertz CT molecular complexity index is 1060. The van der Waals surface area contributed by atoms with E-state index in [9.17, 15) is 4.79 Å². The van der Waals surface area contributed by atoms with E-state index in [-0.39, 0.29) is 5.56 Å². The predicted molar refractivity (Wildman–Crippen MR) is 150 cm³/mol. The van der Waals surface area contributed by atoms with Crippen LogP contribution in [0, 0.1) is 5.92 Å². The van der Waals surface area contributed by atoms with Gasteiger partial charge in [0.1, 0.15) is 0 Å². The molecule has 0 saturated heterocycles. The van der Waals surface area contributed by atoms with E-state index in [2.05, 4.69) is 71.1 Å². The molecule has 35 heavy (non-hydrogen) atoms. The molecule has 1 heterocycles. The summed E-state index contributed by atoms with van der Waals surface area (Å²) in [5.74, 6) is 1.24. The van der Waals surface area contributed by atoms with E-state index in [1.165, 1.54) is 11.1 Å². The number of unbranched alkanes of at least 4 members (excludes halogenated alkanes) is 1. The fourth-order valence-corrected chi connectivity index (χ4v) is 4.21. The molecule has 1 aromatic heterocycles. The fourth-order valence-electron chi connectivity index (χ4n) is 4.21. The van der Waals surface area contributed by atoms with Crippen LogP contribution in [0.3, 0.4) is 0 Å². The number of nitrogens with one attached hydrogen (secondary N) is 1. The number of ether oxygens (including phenoxy) is 2. The van der Waals surface area contributed by atoms with Gasteiger partial charge in [0.15, 0.2) is 5.75 Å². The first-order valence-electron chi connectivity index (χ1n) is 13.2. The number of pyridine rings is 1. The summed E-state index contributed by atoms with van der Waals surface area (Å²) in [4.78, 5) is 13.5. The topological polar surface area (TPSA) is 52.5 Å². The number of anilines is 1. The second kappa shape index (κ2) is 14.7. The third-order valence-corrected chi connectivity index (χ3v) is 6.26. The normalized spacial score (nSPS) is 12.5. The van der Waals surface area contributed by atoms with Gasteiger partial charge in [-0.3, -0.25) is 4.79 Å². The molecule has 0 aliphatic carbocycles. The van der Waals surface area contributed by atoms with Gasteiger partial charge in [-0.2, -0.15) is 0 Å². The number of rotatable bonds is 15. The van der Waals surface area contributed by atoms with Gasteiger partial charge < -0.3 is 19.4 Å². The maximum Gasteiger partial charge on any atom is 0.297 e. The number of hydrogen-bond acceptors (Lipinski definition) is 4. The second-order valence-corrected chi connectivity index (χ2v) is 9.86. The predicted octanol–water partition coefficient (Wildman–Crippen LogP) is 7.73. The van der Waals surface area contributed by atoms with Gasteiger partial charge in [0.05, 0.1) is 19.2 Å². The molecule has 0 amide bonds. The lowest BCUT2D eigenvalue weighted by atomic mass is 10.1. The second-order valence-electron chi connectivity index (χ2n) is 9.86. The number of aryl methyl sites for hydroxylation is 1. The first kappa shape index (κ1) is 28.5. The van der Waals surface area contributed by atoms with Gasteiger partial charge in [0.2, 0.25) is 5.75 Å². The average Bonchev–Trinajstić information content (AvgIpc) is 2.82. The lowest BCUT2D eigenvalue weighted by Gasteiger charge is -2.19. The van der Waals surface area contributed by atoms with Crippen molar-refractivity contribution < 1.29 is 9.47 Å². The van der Waals surface area contributed by atoms with Crippen LogP contribution >= 0.6 is 0 Å². The van der Waals surface area contributed by atoms with Crippen LogP contribution in [0.5, 0.6) is 11.5 Å². The van der Waals surface area contributed by atoms with Crippen molar-refractivity contribution in [2.45, 2.75) is 86.6 Å². The Balaban J connectivity index is 2.35. The van der Waals surface area contributed by atoms with Gasteiger partial charge in [0, 0.05) is 24.2 Å². The molecule has 2 rings (SSSR count). The summed E-state index contributed by atoms with van der Waals surface area (Å²) in [5.41, 5.74) is 4.49. The molecule has 194 valence electrons. The number of fused-ring (bicyclic) bond motifs is 1. The highest BCUT2D eigenvalue weighted by Gasteiger charge is 2.20. The number of benzene rings is 1. The zero-order chi connectivity index (χ0) is 25.8. The van der Waals surface area contributed by atoms with Crippen LogP contribution in [-0.4, -0.2) is 24.8 Å². The maximum atomic E-state index is 13.5. The van der Waals surface area contributed by atoms with Crippen molar-refractivity contribution in [3.63, 3.8) is 0 Å². The monoisotopic (exact) mass is 482 g/mol. The van der Waals surface area contributed by atoms with Crippen LogP contribution in [0.15, 0.2) is 46.3 Å². The molecule has 2 aromatic rings. The molecule has 0 radical (unpaired) electrons. The minimum Gasteiger partial charge on any atom is -0.492 e. The number of aromatic nitrogens is 1. The van der Waals surface area contributed by atoms with Crippen LogP contribution in [0.1, 0.15) is 80.1 Å². The van der Waals surface area contributed by atoms with Crippen LogP contribution in [0.4, 0.5) is 5.69 Å². The highest BCUT2D eigenvalue weighted by atomic mass is 16.5. The molecule has 1 aromatic carbocycles. The van der Waals surface area contributed by atoms with Crippen molar-refractivity contribution in [3.05, 3.63) is 51.9 Å². The smallest absolute Gasteiger partial charge is 0.297 e. The Morgan fingerprint density at radius 3 is 2.54 bits per heavy atom. The number of allylic oxidation sites excluding steroid dienone is 3. The molecule has 5 nitrogen and oxygen atoms in total. The summed E-state index contributed by atoms with van der Waals surface area (Å²) in [7, 11) is 1.61. The van der Waals surface area contributed by atoms with Gasteiger partial charge in [-0.25, -0.2) is 0 Å². The van der Waals surface area contributed by atoms with Gasteiger partial charge in [-0.1, -0.05) is 56.9 Å². The van der Waals surface area contributed by atoms with E-state index in [0.29, 0.717) is 30.6 Å². The molecule has 1 atom stereocenters. The quantitative estimate of drug-likeness (QED) is 0.264. The molecule has 0 bridgehead atoms. The third kappa shape index (κ3) is 8.48. The van der Waals surface area contributed by atoms with Crippen molar-refractivity contribution in [3.8, 4) is 11.5 Å². The Hall–Kier alpha value is -2.69. The highest BCUT2D eigenvalue weighted by molar-refractivity contribution is 5.90. The standard InChI is InChI=1S/C30H46N2O3/c1-8-10-19-32-27-20-25(31-18-17-23(5)14-11-13-22(3)4)15-16-26(27)28(34-7)29(30(32)33)35-21-24(6)12-9-2/h13,15-17,20,24,31H,8-12,14,18-19,21H2,1-7H3. The first-order valence-corrected chi connectivity index (χ1v) is 13.2. The zero-order valence-corrected chi connectivity index (χ0v) is 23.0. The Morgan fingerprint density at radius 1 is 1.11 bits per heavy atom. The summed E-state index contributed by atoms with van der Waals surface area (Å²) in [6, 6.07) is 6.15. The van der Waals surface area contributed by atoms with Gasteiger partial charge in [-0.05, 0) is 70.6 Å². The van der Waals surface area contributed by atoms with Crippen LogP contribution in [0.25, 0.3) is 10.9 Å². The summed E-state index contributed by atoms with van der Waals surface area (Å²) >= 11 is 0. The van der Waals surface area contributed by atoms with E-state index in [4.69, 9.17) is 9.47 Å². The van der Waals surface area contributed by atoms with Crippen molar-refractivity contribution >= 4 is 16.6 Å². The summed E-state index contributed by atoms with van der Waals surface area (Å²) < 4.78 is 13.7. The van der Waals surface area contributed by atoms with E-state index < -0.39 is 0 Å². The van der Waals surface area contributed by atoms with Gasteiger partial charge >= 0.3 is 0 Å². The fraction of sp³-hybridized carbons (Fsp3) is 0.567. The molecule has 0 spiro atoms. The number of methoxy groups -OCH3 is 1. The maximum absolute atomic E-state index is 13.5. The van der Waals surface area contributed by atoms with Crippen molar-refractivity contribution in [2.75, 3.05) is 25.6 Å². The number of nitrogens with zero attached hydrogens (tertiary/aromatic N) is 1. The molecule has 0 saturated carbocycles. The minimum absolute atomic E-state index is 0.112. The van der Waals surface area contributed by atoms with Crippen molar-refractivity contribution in [2.24, 2.45) is 5.92 Å². The van der Waals surface area contributed by atoms with Crippen LogP contribution < -0.4 is 20.3 Å². The third-order valence-electron chi connectivity index (χ3n) is 6.26. The lowest BCUT2D eigenvalue weighted by molar-refractivity contribution is 0.236. The van der Waals surface area contributed by atoms with Crippen LogP contribution in [-0.2, 0) is 6.54 Å². The zero-order valence-electron chi connectivity index (χ0n) is 23.0. The summed E-state index contributed by atoms with van der Waals surface area (Å²) in [5, 5.41) is 4.40. The molecule has 1 N–H and O–H groups in total. The van der Waals surface area contributed by atoms with E-state index in [0.717, 1.165) is 61.7 Å². The molecule has 1 unspecified atom stereocenters. The van der Waals surface area contributed by atoms with Crippen molar-refractivity contribution in [1.82, 2.24) is 4.57 Å². The molecule has 0 fully saturated rings. The van der Waals surface area contributed by atoms with Crippen molar-refractivity contribution in [1.29, 1.82) is 0 Å². The average molecular weight is 483 g/mol. The molecule has 0 aliphatic heterocycles. The largest absolute Gasteiger partial charge is 0.492 e. The Kier molecular flexibility index (Phi) is 11.9. The Morgan fingerprint density at radius 2 is 1.89 bits per heavy atom.